The van der Waals surface area contributed by atoms with Crippen molar-refractivity contribution < 1.29 is 4.74 Å². The first-order chi connectivity index (χ1) is 11.0. The number of benzene rings is 1. The molecule has 3 rings (SSSR count). The summed E-state index contributed by atoms with van der Waals surface area (Å²) in [5.41, 5.74) is 4.38. The van der Waals surface area contributed by atoms with Crippen LogP contribution in [-0.2, 0) is 13.6 Å². The number of hydrogen-bond donors (Lipinski definition) is 0. The molecule has 3 aromatic rings. The zero-order valence-electron chi connectivity index (χ0n) is 14.0. The van der Waals surface area contributed by atoms with Gasteiger partial charge in [0.2, 0.25) is 0 Å². The lowest BCUT2D eigenvalue weighted by Crippen LogP contribution is -2.06. The molecule has 0 fully saturated rings. The van der Waals surface area contributed by atoms with Crippen molar-refractivity contribution in [2.24, 2.45) is 7.05 Å². The first-order valence-electron chi connectivity index (χ1n) is 7.79. The van der Waals surface area contributed by atoms with Crippen LogP contribution >= 0.6 is 0 Å². The average molecular weight is 310 g/mol. The summed E-state index contributed by atoms with van der Waals surface area (Å²) >= 11 is 0. The summed E-state index contributed by atoms with van der Waals surface area (Å²) in [5, 5.41) is 4.42. The Labute approximate surface area is 136 Å². The Morgan fingerprint density at radius 3 is 2.78 bits per heavy atom. The van der Waals surface area contributed by atoms with Crippen molar-refractivity contribution in [1.82, 2.24) is 19.3 Å². The number of aryl methyl sites for hydroxylation is 2. The van der Waals surface area contributed by atoms with Gasteiger partial charge >= 0.3 is 0 Å². The number of nitrogens with zero attached hydrogens (tertiary/aromatic N) is 4. The van der Waals surface area contributed by atoms with E-state index in [1.165, 1.54) is 5.56 Å². The van der Waals surface area contributed by atoms with Crippen molar-refractivity contribution >= 4 is 0 Å². The van der Waals surface area contributed by atoms with E-state index in [0.29, 0.717) is 0 Å². The summed E-state index contributed by atoms with van der Waals surface area (Å²) in [7, 11) is 1.93. The Balaban J connectivity index is 1.87. The summed E-state index contributed by atoms with van der Waals surface area (Å²) in [6.45, 7) is 6.83. The van der Waals surface area contributed by atoms with Gasteiger partial charge in [-0.3, -0.25) is 4.68 Å². The van der Waals surface area contributed by atoms with Crippen LogP contribution in [-0.4, -0.2) is 25.4 Å². The van der Waals surface area contributed by atoms with Gasteiger partial charge in [-0.2, -0.15) is 5.10 Å². The minimum Gasteiger partial charge on any atom is -0.491 e. The predicted molar refractivity (Wildman–Crippen MR) is 90.5 cm³/mol. The molecule has 0 aliphatic heterocycles. The van der Waals surface area contributed by atoms with Crippen molar-refractivity contribution in [1.29, 1.82) is 0 Å². The third-order valence-corrected chi connectivity index (χ3v) is 3.62. The maximum absolute atomic E-state index is 5.77. The monoisotopic (exact) mass is 310 g/mol. The van der Waals surface area contributed by atoms with Crippen molar-refractivity contribution in [3.05, 3.63) is 54.2 Å². The quantitative estimate of drug-likeness (QED) is 0.725. The normalized spacial score (nSPS) is 11.2. The van der Waals surface area contributed by atoms with E-state index in [0.717, 1.165) is 29.2 Å². The number of aromatic nitrogens is 4. The summed E-state index contributed by atoms with van der Waals surface area (Å²) in [4.78, 5) is 4.31. The van der Waals surface area contributed by atoms with Gasteiger partial charge in [-0.05, 0) is 38.5 Å². The lowest BCUT2D eigenvalue weighted by molar-refractivity contribution is 0.242. The van der Waals surface area contributed by atoms with E-state index in [1.54, 1.807) is 0 Å². The van der Waals surface area contributed by atoms with Gasteiger partial charge < -0.3 is 9.30 Å². The van der Waals surface area contributed by atoms with Crippen LogP contribution in [0.5, 0.6) is 5.75 Å². The minimum absolute atomic E-state index is 0.173. The second-order valence-corrected chi connectivity index (χ2v) is 6.02. The molecule has 2 heterocycles. The SMILES string of the molecule is Cc1nn(C)cc1-c1cncn1Cc1cccc(OC(C)C)c1. The molecular weight excluding hydrogens is 288 g/mol. The fraction of sp³-hybridized carbons (Fsp3) is 0.333. The molecule has 5 nitrogen and oxygen atoms in total. The second kappa shape index (κ2) is 6.28. The highest BCUT2D eigenvalue weighted by Crippen LogP contribution is 2.23. The molecule has 120 valence electrons. The molecule has 2 aromatic heterocycles. The molecule has 0 atom stereocenters. The van der Waals surface area contributed by atoms with Crippen molar-refractivity contribution in [3.8, 4) is 17.0 Å². The van der Waals surface area contributed by atoms with Crippen LogP contribution in [0.3, 0.4) is 0 Å². The predicted octanol–water partition coefficient (Wildman–Crippen LogP) is 3.43. The maximum atomic E-state index is 5.77. The smallest absolute Gasteiger partial charge is 0.120 e. The number of hydrogen-bond acceptors (Lipinski definition) is 3. The standard InChI is InChI=1S/C18H22N4O/c1-13(2)23-16-7-5-6-15(8-16)10-22-12-19-9-18(22)17-11-21(4)20-14(17)3/h5-9,11-13H,10H2,1-4H3. The highest BCUT2D eigenvalue weighted by atomic mass is 16.5. The van der Waals surface area contributed by atoms with Gasteiger partial charge in [0, 0.05) is 25.4 Å². The molecule has 0 spiro atoms. The fourth-order valence-corrected chi connectivity index (χ4v) is 2.71. The van der Waals surface area contributed by atoms with Crippen LogP contribution in [0.2, 0.25) is 0 Å². The number of ether oxygens (including phenoxy) is 1. The van der Waals surface area contributed by atoms with Gasteiger partial charge in [0.15, 0.2) is 0 Å². The van der Waals surface area contributed by atoms with Crippen LogP contribution in [0.4, 0.5) is 0 Å². The summed E-state index contributed by atoms with van der Waals surface area (Å²) in [6, 6.07) is 8.20. The van der Waals surface area contributed by atoms with Gasteiger partial charge in [0.05, 0.1) is 30.0 Å². The van der Waals surface area contributed by atoms with Crippen molar-refractivity contribution in [2.45, 2.75) is 33.4 Å². The largest absolute Gasteiger partial charge is 0.491 e. The minimum atomic E-state index is 0.173. The van der Waals surface area contributed by atoms with E-state index >= 15 is 0 Å². The van der Waals surface area contributed by atoms with E-state index in [4.69, 9.17) is 4.74 Å². The highest BCUT2D eigenvalue weighted by molar-refractivity contribution is 5.60. The molecular formula is C18H22N4O. The van der Waals surface area contributed by atoms with Crippen molar-refractivity contribution in [3.63, 3.8) is 0 Å². The fourth-order valence-electron chi connectivity index (χ4n) is 2.71. The first kappa shape index (κ1) is 15.3. The summed E-state index contributed by atoms with van der Waals surface area (Å²) in [5.74, 6) is 0.900. The molecule has 0 saturated carbocycles. The van der Waals surface area contributed by atoms with Crippen LogP contribution in [0, 0.1) is 6.92 Å². The Kier molecular flexibility index (Phi) is 4.19. The molecule has 0 amide bonds. The lowest BCUT2D eigenvalue weighted by atomic mass is 10.1. The van der Waals surface area contributed by atoms with Crippen LogP contribution in [0.25, 0.3) is 11.3 Å². The van der Waals surface area contributed by atoms with E-state index in [2.05, 4.69) is 26.8 Å². The summed E-state index contributed by atoms with van der Waals surface area (Å²) < 4.78 is 9.74. The molecule has 0 aliphatic carbocycles. The highest BCUT2D eigenvalue weighted by Gasteiger charge is 2.11. The Morgan fingerprint density at radius 2 is 2.09 bits per heavy atom. The molecule has 0 saturated heterocycles. The van der Waals surface area contributed by atoms with Crippen LogP contribution in [0.1, 0.15) is 25.1 Å². The Bertz CT molecular complexity index is 801. The second-order valence-electron chi connectivity index (χ2n) is 6.02. The third kappa shape index (κ3) is 3.44. The van der Waals surface area contributed by atoms with Crippen LogP contribution in [0.15, 0.2) is 43.0 Å². The molecule has 0 N–H and O–H groups in total. The van der Waals surface area contributed by atoms with E-state index in [9.17, 15) is 0 Å². The topological polar surface area (TPSA) is 44.9 Å². The molecule has 0 aliphatic rings. The lowest BCUT2D eigenvalue weighted by Gasteiger charge is -2.12. The third-order valence-electron chi connectivity index (χ3n) is 3.62. The van der Waals surface area contributed by atoms with Gasteiger partial charge in [0.25, 0.3) is 0 Å². The van der Waals surface area contributed by atoms with E-state index < -0.39 is 0 Å². The zero-order chi connectivity index (χ0) is 16.4. The zero-order valence-corrected chi connectivity index (χ0v) is 14.0. The molecule has 0 unspecified atom stereocenters. The molecule has 1 aromatic carbocycles. The first-order valence-corrected chi connectivity index (χ1v) is 7.79. The van der Waals surface area contributed by atoms with Gasteiger partial charge in [-0.15, -0.1) is 0 Å². The molecule has 23 heavy (non-hydrogen) atoms. The van der Waals surface area contributed by atoms with E-state index in [1.807, 2.05) is 63.4 Å². The Hall–Kier alpha value is -2.56. The van der Waals surface area contributed by atoms with Crippen molar-refractivity contribution in [2.75, 3.05) is 0 Å². The molecule has 0 bridgehead atoms. The molecule has 5 heteroatoms. The van der Waals surface area contributed by atoms with Gasteiger partial charge in [0.1, 0.15) is 5.75 Å². The van der Waals surface area contributed by atoms with Gasteiger partial charge in [-0.25, -0.2) is 4.98 Å². The van der Waals surface area contributed by atoms with E-state index in [-0.39, 0.29) is 6.10 Å². The number of rotatable bonds is 5. The van der Waals surface area contributed by atoms with Gasteiger partial charge in [-0.1, -0.05) is 12.1 Å². The summed E-state index contributed by atoms with van der Waals surface area (Å²) in [6.07, 6.45) is 5.95. The average Bonchev–Trinajstić information content (AvgIpc) is 3.04. The maximum Gasteiger partial charge on any atom is 0.120 e. The number of imidazole rings is 1. The molecule has 0 radical (unpaired) electrons. The Morgan fingerprint density at radius 1 is 1.26 bits per heavy atom. The van der Waals surface area contributed by atoms with Crippen LogP contribution < -0.4 is 4.74 Å².